The summed E-state index contributed by atoms with van der Waals surface area (Å²) >= 11 is 0. The summed E-state index contributed by atoms with van der Waals surface area (Å²) in [5.41, 5.74) is 0.724. The van der Waals surface area contributed by atoms with E-state index in [4.69, 9.17) is 4.74 Å². The lowest BCUT2D eigenvalue weighted by Gasteiger charge is -2.01. The predicted molar refractivity (Wildman–Crippen MR) is 48.2 cm³/mol. The average Bonchev–Trinajstić information content (AvgIpc) is 2.66. The summed E-state index contributed by atoms with van der Waals surface area (Å²) in [6.07, 6.45) is 2.57. The first kappa shape index (κ1) is 9.50. The summed E-state index contributed by atoms with van der Waals surface area (Å²) < 4.78 is 17.7. The Morgan fingerprint density at radius 2 is 2.20 bits per heavy atom. The number of ether oxygens (including phenoxy) is 1. The van der Waals surface area contributed by atoms with E-state index < -0.39 is 5.82 Å². The zero-order valence-corrected chi connectivity index (χ0v) is 8.18. The standard InChI is InChI=1S/C8H8FN5O/c1-5-3-11-14(13-5)8-10-4-6(9)7(12-8)15-2/h3-4H,1-2H3. The van der Waals surface area contributed by atoms with Gasteiger partial charge >= 0.3 is 0 Å². The van der Waals surface area contributed by atoms with Crippen molar-refractivity contribution in [2.24, 2.45) is 0 Å². The van der Waals surface area contributed by atoms with Crippen molar-refractivity contribution in [2.75, 3.05) is 7.11 Å². The summed E-state index contributed by atoms with van der Waals surface area (Å²) in [5.74, 6) is -0.582. The van der Waals surface area contributed by atoms with Crippen molar-refractivity contribution in [1.82, 2.24) is 25.0 Å². The third kappa shape index (κ3) is 1.76. The molecule has 0 aromatic carbocycles. The predicted octanol–water partition coefficient (Wildman–Crippen LogP) is 0.513. The van der Waals surface area contributed by atoms with E-state index in [1.807, 2.05) is 0 Å². The molecule has 2 aromatic rings. The fourth-order valence-electron chi connectivity index (χ4n) is 1.02. The molecule has 0 spiro atoms. The molecule has 2 aromatic heterocycles. The highest BCUT2D eigenvalue weighted by Gasteiger charge is 2.09. The van der Waals surface area contributed by atoms with Crippen molar-refractivity contribution < 1.29 is 9.13 Å². The molecule has 0 aliphatic rings. The molecule has 0 N–H and O–H groups in total. The first-order chi connectivity index (χ1) is 7.20. The summed E-state index contributed by atoms with van der Waals surface area (Å²) in [4.78, 5) is 8.75. The number of halogens is 1. The normalized spacial score (nSPS) is 10.3. The van der Waals surface area contributed by atoms with Crippen molar-refractivity contribution in [3.05, 3.63) is 23.9 Å². The van der Waals surface area contributed by atoms with Crippen LogP contribution in [0.5, 0.6) is 5.88 Å². The summed E-state index contributed by atoms with van der Waals surface area (Å²) in [6, 6.07) is 0. The smallest absolute Gasteiger partial charge is 0.272 e. The van der Waals surface area contributed by atoms with Crippen LogP contribution in [-0.2, 0) is 0 Å². The monoisotopic (exact) mass is 209 g/mol. The van der Waals surface area contributed by atoms with Crippen LogP contribution >= 0.6 is 0 Å². The molecule has 0 fully saturated rings. The Balaban J connectivity index is 2.45. The molecule has 0 aliphatic carbocycles. The van der Waals surface area contributed by atoms with Gasteiger partial charge in [-0.2, -0.15) is 19.6 Å². The number of rotatable bonds is 2. The molecule has 78 valence electrons. The molecule has 6 nitrogen and oxygen atoms in total. The van der Waals surface area contributed by atoms with Crippen LogP contribution in [-0.4, -0.2) is 32.1 Å². The lowest BCUT2D eigenvalue weighted by atomic mass is 10.6. The average molecular weight is 209 g/mol. The van der Waals surface area contributed by atoms with E-state index >= 15 is 0 Å². The molecule has 0 radical (unpaired) electrons. The van der Waals surface area contributed by atoms with Gasteiger partial charge in [-0.15, -0.1) is 4.80 Å². The summed E-state index contributed by atoms with van der Waals surface area (Å²) in [6.45, 7) is 1.78. The van der Waals surface area contributed by atoms with Gasteiger partial charge < -0.3 is 4.74 Å². The molecule has 2 heterocycles. The van der Waals surface area contributed by atoms with Gasteiger partial charge in [0.25, 0.3) is 11.8 Å². The minimum atomic E-state index is -0.620. The number of hydrogen-bond donors (Lipinski definition) is 0. The van der Waals surface area contributed by atoms with Gasteiger partial charge in [-0.05, 0) is 6.92 Å². The zero-order chi connectivity index (χ0) is 10.8. The van der Waals surface area contributed by atoms with E-state index in [-0.39, 0.29) is 11.8 Å². The van der Waals surface area contributed by atoms with Crippen LogP contribution in [0.15, 0.2) is 12.4 Å². The largest absolute Gasteiger partial charge is 0.479 e. The van der Waals surface area contributed by atoms with Crippen LogP contribution in [0.2, 0.25) is 0 Å². The highest BCUT2D eigenvalue weighted by molar-refractivity contribution is 5.17. The Kier molecular flexibility index (Phi) is 2.28. The van der Waals surface area contributed by atoms with E-state index in [9.17, 15) is 4.39 Å². The van der Waals surface area contributed by atoms with E-state index in [1.54, 1.807) is 13.1 Å². The molecule has 0 unspecified atom stereocenters. The quantitative estimate of drug-likeness (QED) is 0.721. The fourth-order valence-corrected chi connectivity index (χ4v) is 1.02. The third-order valence-electron chi connectivity index (χ3n) is 1.68. The first-order valence-corrected chi connectivity index (χ1v) is 4.16. The molecule has 0 amide bonds. The van der Waals surface area contributed by atoms with Crippen LogP contribution < -0.4 is 4.74 Å². The minimum absolute atomic E-state index is 0.130. The summed E-state index contributed by atoms with van der Waals surface area (Å²) in [7, 11) is 1.33. The Labute approximate surface area is 84.7 Å². The maximum atomic E-state index is 13.0. The molecular weight excluding hydrogens is 201 g/mol. The first-order valence-electron chi connectivity index (χ1n) is 4.16. The third-order valence-corrected chi connectivity index (χ3v) is 1.68. The van der Waals surface area contributed by atoms with Crippen LogP contribution in [0.25, 0.3) is 5.95 Å². The van der Waals surface area contributed by atoms with Gasteiger partial charge in [-0.1, -0.05) is 0 Å². The topological polar surface area (TPSA) is 65.7 Å². The SMILES string of the molecule is COc1nc(-n2ncc(C)n2)ncc1F. The number of nitrogens with zero attached hydrogens (tertiary/aromatic N) is 5. The van der Waals surface area contributed by atoms with Crippen LogP contribution in [0.1, 0.15) is 5.69 Å². The lowest BCUT2D eigenvalue weighted by Crippen LogP contribution is -2.06. The molecule has 7 heteroatoms. The highest BCUT2D eigenvalue weighted by Crippen LogP contribution is 2.12. The van der Waals surface area contributed by atoms with Crippen molar-refractivity contribution in [2.45, 2.75) is 6.92 Å². The van der Waals surface area contributed by atoms with Gasteiger partial charge in [0.2, 0.25) is 5.82 Å². The van der Waals surface area contributed by atoms with Crippen molar-refractivity contribution in [3.63, 3.8) is 0 Å². The lowest BCUT2D eigenvalue weighted by molar-refractivity contribution is 0.365. The van der Waals surface area contributed by atoms with Gasteiger partial charge in [-0.25, -0.2) is 4.98 Å². The van der Waals surface area contributed by atoms with Gasteiger partial charge in [0, 0.05) is 0 Å². The van der Waals surface area contributed by atoms with Gasteiger partial charge in [0.05, 0.1) is 25.2 Å². The molecule has 15 heavy (non-hydrogen) atoms. The van der Waals surface area contributed by atoms with Crippen molar-refractivity contribution >= 4 is 0 Å². The zero-order valence-electron chi connectivity index (χ0n) is 8.18. The van der Waals surface area contributed by atoms with Crippen molar-refractivity contribution in [3.8, 4) is 11.8 Å². The Morgan fingerprint density at radius 3 is 2.80 bits per heavy atom. The molecular formula is C8H8FN5O. The van der Waals surface area contributed by atoms with Gasteiger partial charge in [0.15, 0.2) is 0 Å². The molecule has 0 aliphatic heterocycles. The maximum absolute atomic E-state index is 13.0. The second kappa shape index (κ2) is 3.60. The second-order valence-corrected chi connectivity index (χ2v) is 2.80. The Bertz CT molecular complexity index is 484. The molecule has 2 rings (SSSR count). The van der Waals surface area contributed by atoms with Crippen LogP contribution in [0.4, 0.5) is 4.39 Å². The number of aryl methyl sites for hydroxylation is 1. The van der Waals surface area contributed by atoms with Crippen LogP contribution in [0, 0.1) is 12.7 Å². The number of aromatic nitrogens is 5. The Morgan fingerprint density at radius 1 is 1.40 bits per heavy atom. The minimum Gasteiger partial charge on any atom is -0.479 e. The molecule has 0 bridgehead atoms. The second-order valence-electron chi connectivity index (χ2n) is 2.80. The van der Waals surface area contributed by atoms with E-state index in [0.717, 1.165) is 11.9 Å². The van der Waals surface area contributed by atoms with Crippen LogP contribution in [0.3, 0.4) is 0 Å². The highest BCUT2D eigenvalue weighted by atomic mass is 19.1. The van der Waals surface area contributed by atoms with E-state index in [0.29, 0.717) is 0 Å². The fraction of sp³-hybridized carbons (Fsp3) is 0.250. The maximum Gasteiger partial charge on any atom is 0.272 e. The van der Waals surface area contributed by atoms with Crippen molar-refractivity contribution in [1.29, 1.82) is 0 Å². The van der Waals surface area contributed by atoms with Gasteiger partial charge in [0.1, 0.15) is 0 Å². The van der Waals surface area contributed by atoms with E-state index in [1.165, 1.54) is 11.9 Å². The number of hydrogen-bond acceptors (Lipinski definition) is 5. The molecule has 0 saturated carbocycles. The number of methoxy groups -OCH3 is 1. The molecule has 0 atom stereocenters. The Hall–Kier alpha value is -2.05. The van der Waals surface area contributed by atoms with E-state index in [2.05, 4.69) is 20.2 Å². The molecule has 0 saturated heterocycles. The van der Waals surface area contributed by atoms with Gasteiger partial charge in [-0.3, -0.25) is 0 Å². The summed E-state index contributed by atoms with van der Waals surface area (Å²) in [5, 5.41) is 7.88.